The molecule has 30 heavy (non-hydrogen) atoms. The summed E-state index contributed by atoms with van der Waals surface area (Å²) < 4.78 is 27.5. The molecule has 1 heterocycles. The number of carbonyl (C=O) groups excluding carboxylic acids is 1. The minimum absolute atomic E-state index is 0.0919. The van der Waals surface area contributed by atoms with Gasteiger partial charge in [-0.15, -0.1) is 0 Å². The second kappa shape index (κ2) is 9.56. The number of rotatable bonds is 7. The molecule has 0 aliphatic rings. The van der Waals surface area contributed by atoms with Crippen molar-refractivity contribution < 1.29 is 13.2 Å². The summed E-state index contributed by atoms with van der Waals surface area (Å²) in [6, 6.07) is 16.3. The van der Waals surface area contributed by atoms with E-state index in [1.807, 2.05) is 19.1 Å². The first kappa shape index (κ1) is 21.5. The molecule has 0 fully saturated rings. The second-order valence-electron chi connectivity index (χ2n) is 6.50. The Morgan fingerprint density at radius 3 is 2.47 bits per heavy atom. The number of halogens is 1. The molecule has 0 spiro atoms. The lowest BCUT2D eigenvalue weighted by molar-refractivity contribution is -0.117. The van der Waals surface area contributed by atoms with Crippen LogP contribution in [0, 0.1) is 0 Å². The quantitative estimate of drug-likeness (QED) is 0.531. The first-order valence-corrected chi connectivity index (χ1v) is 11.0. The Morgan fingerprint density at radius 1 is 1.07 bits per heavy atom. The fourth-order valence-electron chi connectivity index (χ4n) is 2.65. The molecule has 3 rings (SSSR count). The number of carbonyl (C=O) groups is 1. The minimum Gasteiger partial charge on any atom is -0.346 e. The highest BCUT2D eigenvalue weighted by atomic mass is 35.5. The number of para-hydroxylation sites is 1. The largest absolute Gasteiger partial charge is 0.346 e. The average Bonchev–Trinajstić information content (AvgIpc) is 2.75. The molecule has 2 aromatic carbocycles. The van der Waals surface area contributed by atoms with Crippen LogP contribution in [0.15, 0.2) is 84.0 Å². The average molecular weight is 442 g/mol. The van der Waals surface area contributed by atoms with Crippen LogP contribution in [0.2, 0.25) is 5.02 Å². The number of aromatic nitrogens is 1. The zero-order valence-electron chi connectivity index (χ0n) is 16.1. The molecule has 0 aliphatic heterocycles. The van der Waals surface area contributed by atoms with E-state index in [0.29, 0.717) is 16.3 Å². The lowest BCUT2D eigenvalue weighted by Crippen LogP contribution is -2.24. The zero-order chi connectivity index (χ0) is 21.6. The Hall–Kier alpha value is -3.16. The number of nitrogens with one attached hydrogen (secondary N) is 2. The van der Waals surface area contributed by atoms with Crippen molar-refractivity contribution in [2.75, 3.05) is 4.72 Å². The predicted molar refractivity (Wildman–Crippen MR) is 119 cm³/mol. The summed E-state index contributed by atoms with van der Waals surface area (Å²) in [5.41, 5.74) is 1.90. The van der Waals surface area contributed by atoms with Gasteiger partial charge in [0, 0.05) is 18.5 Å². The molecule has 0 saturated carbocycles. The van der Waals surface area contributed by atoms with Crippen molar-refractivity contribution in [3.8, 4) is 0 Å². The lowest BCUT2D eigenvalue weighted by Gasteiger charge is -2.12. The first-order chi connectivity index (χ1) is 14.3. The predicted octanol–water partition coefficient (Wildman–Crippen LogP) is 4.43. The van der Waals surface area contributed by atoms with Crippen LogP contribution in [0.25, 0.3) is 6.08 Å². The van der Waals surface area contributed by atoms with Gasteiger partial charge in [0.15, 0.2) is 0 Å². The van der Waals surface area contributed by atoms with Crippen LogP contribution in [-0.2, 0) is 14.8 Å². The van der Waals surface area contributed by atoms with Gasteiger partial charge in [-0.1, -0.05) is 41.9 Å². The third-order valence-electron chi connectivity index (χ3n) is 4.28. The van der Waals surface area contributed by atoms with Gasteiger partial charge >= 0.3 is 0 Å². The molecule has 0 saturated heterocycles. The molecule has 3 aromatic rings. The molecule has 154 valence electrons. The van der Waals surface area contributed by atoms with E-state index in [1.165, 1.54) is 18.2 Å². The summed E-state index contributed by atoms with van der Waals surface area (Å²) in [6.45, 7) is 1.87. The van der Waals surface area contributed by atoms with Gasteiger partial charge in [0.25, 0.3) is 10.0 Å². The molecule has 1 amide bonds. The number of sulfonamides is 1. The molecule has 6 nitrogen and oxygen atoms in total. The van der Waals surface area contributed by atoms with Crippen molar-refractivity contribution in [1.29, 1.82) is 0 Å². The Kier molecular flexibility index (Phi) is 6.87. The monoisotopic (exact) mass is 441 g/mol. The van der Waals surface area contributed by atoms with Gasteiger partial charge in [-0.05, 0) is 54.5 Å². The van der Waals surface area contributed by atoms with Crippen molar-refractivity contribution in [2.24, 2.45) is 0 Å². The Balaban J connectivity index is 1.63. The van der Waals surface area contributed by atoms with Crippen LogP contribution in [0.4, 0.5) is 5.69 Å². The molecule has 1 unspecified atom stereocenters. The maximum atomic E-state index is 12.5. The third kappa shape index (κ3) is 5.68. The van der Waals surface area contributed by atoms with Crippen LogP contribution < -0.4 is 10.0 Å². The molecular formula is C22H20ClN3O3S. The molecule has 0 radical (unpaired) electrons. The van der Waals surface area contributed by atoms with E-state index in [9.17, 15) is 13.2 Å². The highest BCUT2D eigenvalue weighted by Gasteiger charge is 2.15. The smallest absolute Gasteiger partial charge is 0.261 e. The summed E-state index contributed by atoms with van der Waals surface area (Å²) >= 11 is 6.01. The number of anilines is 1. The third-order valence-corrected chi connectivity index (χ3v) is 5.99. The van der Waals surface area contributed by atoms with Gasteiger partial charge in [-0.3, -0.25) is 14.5 Å². The van der Waals surface area contributed by atoms with E-state index in [0.717, 1.165) is 5.56 Å². The molecule has 1 atom stereocenters. The van der Waals surface area contributed by atoms with Crippen LogP contribution in [-0.4, -0.2) is 19.3 Å². The molecular weight excluding hydrogens is 422 g/mol. The van der Waals surface area contributed by atoms with Crippen molar-refractivity contribution in [3.05, 3.63) is 95.3 Å². The summed E-state index contributed by atoms with van der Waals surface area (Å²) in [4.78, 5) is 16.3. The van der Waals surface area contributed by atoms with Gasteiger partial charge in [0.2, 0.25) is 5.91 Å². The number of hydrogen-bond acceptors (Lipinski definition) is 4. The van der Waals surface area contributed by atoms with Crippen molar-refractivity contribution >= 4 is 39.3 Å². The van der Waals surface area contributed by atoms with E-state index >= 15 is 0 Å². The summed E-state index contributed by atoms with van der Waals surface area (Å²) in [5.74, 6) is -0.261. The summed E-state index contributed by atoms with van der Waals surface area (Å²) in [6.07, 6.45) is 6.39. The van der Waals surface area contributed by atoms with Crippen LogP contribution in [0.5, 0.6) is 0 Å². The van der Waals surface area contributed by atoms with Crippen LogP contribution in [0.3, 0.4) is 0 Å². The van der Waals surface area contributed by atoms with Crippen molar-refractivity contribution in [3.63, 3.8) is 0 Å². The van der Waals surface area contributed by atoms with Gasteiger partial charge in [0.1, 0.15) is 0 Å². The lowest BCUT2D eigenvalue weighted by atomic mass is 10.1. The van der Waals surface area contributed by atoms with E-state index in [-0.39, 0.29) is 16.8 Å². The number of amides is 1. The molecule has 2 N–H and O–H groups in total. The molecule has 0 bridgehead atoms. The fraction of sp³-hybridized carbons (Fsp3) is 0.0909. The van der Waals surface area contributed by atoms with Gasteiger partial charge in [0.05, 0.1) is 21.6 Å². The zero-order valence-corrected chi connectivity index (χ0v) is 17.7. The maximum Gasteiger partial charge on any atom is 0.261 e. The number of benzene rings is 2. The van der Waals surface area contributed by atoms with Crippen LogP contribution in [0.1, 0.15) is 24.1 Å². The van der Waals surface area contributed by atoms with E-state index in [4.69, 9.17) is 11.6 Å². The SMILES string of the molecule is CC(NC(=O)/C=C/c1ccc(S(=O)(=O)Nc2ccccc2Cl)cc1)c1cccnc1. The number of pyridine rings is 1. The summed E-state index contributed by atoms with van der Waals surface area (Å²) in [5, 5.41) is 3.16. The van der Waals surface area contributed by atoms with Gasteiger partial charge < -0.3 is 5.32 Å². The van der Waals surface area contributed by atoms with Crippen molar-refractivity contribution in [2.45, 2.75) is 17.9 Å². The van der Waals surface area contributed by atoms with E-state index in [1.54, 1.807) is 54.9 Å². The Bertz CT molecular complexity index is 1150. The standard InChI is InChI=1S/C22H20ClN3O3S/c1-16(18-5-4-14-24-15-18)25-22(27)13-10-17-8-11-19(12-9-17)30(28,29)26-21-7-3-2-6-20(21)23/h2-16,26H,1H3,(H,25,27)/b13-10+. The summed E-state index contributed by atoms with van der Waals surface area (Å²) in [7, 11) is -3.77. The van der Waals surface area contributed by atoms with Crippen molar-refractivity contribution in [1.82, 2.24) is 10.3 Å². The second-order valence-corrected chi connectivity index (χ2v) is 8.59. The van der Waals surface area contributed by atoms with E-state index < -0.39 is 10.0 Å². The highest BCUT2D eigenvalue weighted by molar-refractivity contribution is 7.92. The van der Waals surface area contributed by atoms with Gasteiger partial charge in [-0.25, -0.2) is 8.42 Å². The maximum absolute atomic E-state index is 12.5. The first-order valence-electron chi connectivity index (χ1n) is 9.11. The number of nitrogens with zero attached hydrogens (tertiary/aromatic N) is 1. The highest BCUT2D eigenvalue weighted by Crippen LogP contribution is 2.24. The topological polar surface area (TPSA) is 88.2 Å². The van der Waals surface area contributed by atoms with Gasteiger partial charge in [-0.2, -0.15) is 0 Å². The molecule has 8 heteroatoms. The minimum atomic E-state index is -3.77. The Morgan fingerprint density at radius 2 is 1.80 bits per heavy atom. The number of hydrogen-bond donors (Lipinski definition) is 2. The molecule has 1 aromatic heterocycles. The van der Waals surface area contributed by atoms with E-state index in [2.05, 4.69) is 15.0 Å². The normalized spacial score (nSPS) is 12.5. The van der Waals surface area contributed by atoms with Crippen LogP contribution >= 0.6 is 11.6 Å². The fourth-order valence-corrected chi connectivity index (χ4v) is 3.97. The Labute approximate surface area is 180 Å². The molecule has 0 aliphatic carbocycles.